The van der Waals surface area contributed by atoms with Gasteiger partial charge in [0, 0.05) is 5.70 Å². The van der Waals surface area contributed by atoms with E-state index in [1.807, 2.05) is 18.2 Å². The molecule has 0 saturated carbocycles. The molecule has 0 aliphatic heterocycles. The zero-order valence-electron chi connectivity index (χ0n) is 14.8. The second-order valence-corrected chi connectivity index (χ2v) is 5.92. The molecule has 27 heavy (non-hydrogen) atoms. The first-order valence-electron chi connectivity index (χ1n) is 8.51. The standard InChI is InChI=1S/C21H19FN2O3/c1-27-21(26)15-10-5-6-12-17(15)24-20(25)19-16(22)11-7-13-18(19)23-14-8-3-2-4-9-14/h3,5-13,23H,2,4H2,1H3,(H,24,25). The van der Waals surface area contributed by atoms with Gasteiger partial charge in [0.05, 0.1) is 29.6 Å². The van der Waals surface area contributed by atoms with E-state index in [-0.39, 0.29) is 16.8 Å². The summed E-state index contributed by atoms with van der Waals surface area (Å²) in [6.45, 7) is 0. The largest absolute Gasteiger partial charge is 0.465 e. The lowest BCUT2D eigenvalue weighted by atomic mass is 10.1. The van der Waals surface area contributed by atoms with E-state index in [4.69, 9.17) is 4.74 Å². The average molecular weight is 366 g/mol. The number of amides is 1. The van der Waals surface area contributed by atoms with Crippen LogP contribution >= 0.6 is 0 Å². The molecule has 6 heteroatoms. The number of methoxy groups -OCH3 is 1. The van der Waals surface area contributed by atoms with E-state index in [1.54, 1.807) is 24.3 Å². The summed E-state index contributed by atoms with van der Waals surface area (Å²) in [4.78, 5) is 24.7. The highest BCUT2D eigenvalue weighted by Crippen LogP contribution is 2.25. The number of nitrogens with one attached hydrogen (secondary N) is 2. The average Bonchev–Trinajstić information content (AvgIpc) is 2.68. The Bertz CT molecular complexity index is 935. The maximum absolute atomic E-state index is 14.5. The monoisotopic (exact) mass is 366 g/mol. The van der Waals surface area contributed by atoms with Gasteiger partial charge in [-0.2, -0.15) is 0 Å². The van der Waals surface area contributed by atoms with Gasteiger partial charge in [0.2, 0.25) is 0 Å². The second-order valence-electron chi connectivity index (χ2n) is 5.92. The van der Waals surface area contributed by atoms with Gasteiger partial charge in [-0.15, -0.1) is 0 Å². The molecule has 0 saturated heterocycles. The summed E-state index contributed by atoms with van der Waals surface area (Å²) < 4.78 is 19.2. The van der Waals surface area contributed by atoms with E-state index in [0.717, 1.165) is 18.5 Å². The van der Waals surface area contributed by atoms with Crippen LogP contribution in [0, 0.1) is 5.82 Å². The molecular formula is C21H19FN2O3. The van der Waals surface area contributed by atoms with Crippen molar-refractivity contribution in [2.75, 3.05) is 17.7 Å². The molecule has 2 aromatic rings. The minimum absolute atomic E-state index is 0.128. The minimum atomic E-state index is -0.660. The maximum atomic E-state index is 14.5. The Hall–Kier alpha value is -3.41. The van der Waals surface area contributed by atoms with Crippen LogP contribution in [0.15, 0.2) is 66.4 Å². The molecule has 0 spiro atoms. The number of carbonyl (C=O) groups excluding carboxylic acids is 2. The first-order chi connectivity index (χ1) is 13.1. The van der Waals surface area contributed by atoms with Crippen molar-refractivity contribution in [1.29, 1.82) is 0 Å². The number of hydrogen-bond donors (Lipinski definition) is 2. The van der Waals surface area contributed by atoms with Gasteiger partial charge in [-0.25, -0.2) is 9.18 Å². The van der Waals surface area contributed by atoms with Crippen LogP contribution in [-0.2, 0) is 4.74 Å². The third kappa shape index (κ3) is 4.23. The Morgan fingerprint density at radius 2 is 1.81 bits per heavy atom. The second kappa shape index (κ2) is 8.31. The zero-order valence-corrected chi connectivity index (χ0v) is 14.8. The van der Waals surface area contributed by atoms with Gasteiger partial charge in [0.1, 0.15) is 5.82 Å². The highest BCUT2D eigenvalue weighted by atomic mass is 19.1. The molecule has 0 fully saturated rings. The van der Waals surface area contributed by atoms with Crippen LogP contribution in [0.25, 0.3) is 0 Å². The zero-order chi connectivity index (χ0) is 19.2. The van der Waals surface area contributed by atoms with Gasteiger partial charge < -0.3 is 15.4 Å². The van der Waals surface area contributed by atoms with Crippen molar-refractivity contribution in [2.45, 2.75) is 12.8 Å². The fraction of sp³-hybridized carbons (Fsp3) is 0.143. The topological polar surface area (TPSA) is 67.4 Å². The van der Waals surface area contributed by atoms with Gasteiger partial charge in [-0.1, -0.05) is 30.4 Å². The Morgan fingerprint density at radius 1 is 1.04 bits per heavy atom. The molecule has 0 atom stereocenters. The predicted molar refractivity (Wildman–Crippen MR) is 102 cm³/mol. The van der Waals surface area contributed by atoms with E-state index < -0.39 is 17.7 Å². The Kier molecular flexibility index (Phi) is 5.66. The number of benzene rings is 2. The first-order valence-corrected chi connectivity index (χ1v) is 8.51. The van der Waals surface area contributed by atoms with E-state index in [1.165, 1.54) is 25.3 Å². The van der Waals surface area contributed by atoms with Crippen LogP contribution in [0.3, 0.4) is 0 Å². The summed E-state index contributed by atoms with van der Waals surface area (Å²) in [7, 11) is 1.26. The van der Waals surface area contributed by atoms with Crippen LogP contribution < -0.4 is 10.6 Å². The molecule has 0 unspecified atom stereocenters. The molecule has 3 rings (SSSR count). The van der Waals surface area contributed by atoms with Gasteiger partial charge in [-0.05, 0) is 43.2 Å². The summed E-state index contributed by atoms with van der Waals surface area (Å²) in [6.07, 6.45) is 7.71. The summed E-state index contributed by atoms with van der Waals surface area (Å²) in [5.74, 6) is -1.91. The lowest BCUT2D eigenvalue weighted by Gasteiger charge is -2.16. The van der Waals surface area contributed by atoms with Crippen molar-refractivity contribution >= 4 is 23.3 Å². The van der Waals surface area contributed by atoms with Crippen LogP contribution in [0.4, 0.5) is 15.8 Å². The van der Waals surface area contributed by atoms with Crippen molar-refractivity contribution in [1.82, 2.24) is 0 Å². The number of allylic oxidation sites excluding steroid dienone is 3. The number of halogens is 1. The van der Waals surface area contributed by atoms with Crippen molar-refractivity contribution in [3.8, 4) is 0 Å². The fourth-order valence-electron chi connectivity index (χ4n) is 2.79. The number of para-hydroxylation sites is 1. The molecule has 5 nitrogen and oxygen atoms in total. The minimum Gasteiger partial charge on any atom is -0.465 e. The maximum Gasteiger partial charge on any atom is 0.339 e. The molecule has 1 amide bonds. The molecule has 0 aromatic heterocycles. The number of anilines is 2. The number of ether oxygens (including phenoxy) is 1. The summed E-state index contributed by atoms with van der Waals surface area (Å²) in [6, 6.07) is 10.8. The van der Waals surface area contributed by atoms with Crippen LogP contribution in [0.2, 0.25) is 0 Å². The van der Waals surface area contributed by atoms with Crippen LogP contribution in [0.1, 0.15) is 33.6 Å². The normalized spacial score (nSPS) is 12.9. The third-order valence-electron chi connectivity index (χ3n) is 4.10. The highest BCUT2D eigenvalue weighted by Gasteiger charge is 2.20. The molecule has 0 bridgehead atoms. The molecule has 0 radical (unpaired) electrons. The van der Waals surface area contributed by atoms with Gasteiger partial charge in [0.25, 0.3) is 5.91 Å². The predicted octanol–water partition coefficient (Wildman–Crippen LogP) is 4.51. The van der Waals surface area contributed by atoms with E-state index >= 15 is 0 Å². The van der Waals surface area contributed by atoms with Crippen molar-refractivity contribution in [3.63, 3.8) is 0 Å². The third-order valence-corrected chi connectivity index (χ3v) is 4.10. The Balaban J connectivity index is 1.90. The lowest BCUT2D eigenvalue weighted by Crippen LogP contribution is -2.18. The molecule has 138 valence electrons. The van der Waals surface area contributed by atoms with Crippen LogP contribution in [-0.4, -0.2) is 19.0 Å². The number of esters is 1. The van der Waals surface area contributed by atoms with E-state index in [9.17, 15) is 14.0 Å². The SMILES string of the molecule is COC(=O)c1ccccc1NC(=O)c1c(F)cccc1NC1=CCCC=C1. The number of hydrogen-bond acceptors (Lipinski definition) is 4. The van der Waals surface area contributed by atoms with Crippen molar-refractivity contribution in [3.05, 3.63) is 83.3 Å². The molecule has 1 aliphatic rings. The quantitative estimate of drug-likeness (QED) is 0.764. The van der Waals surface area contributed by atoms with Crippen molar-refractivity contribution < 1.29 is 18.7 Å². The molecule has 0 heterocycles. The number of rotatable bonds is 5. The van der Waals surface area contributed by atoms with E-state index in [2.05, 4.69) is 10.6 Å². The summed E-state index contributed by atoms with van der Waals surface area (Å²) in [5, 5.41) is 5.69. The first kappa shape index (κ1) is 18.4. The Morgan fingerprint density at radius 3 is 2.56 bits per heavy atom. The van der Waals surface area contributed by atoms with E-state index in [0.29, 0.717) is 5.69 Å². The molecular weight excluding hydrogens is 347 g/mol. The smallest absolute Gasteiger partial charge is 0.339 e. The molecule has 1 aliphatic carbocycles. The number of carbonyl (C=O) groups is 2. The summed E-state index contributed by atoms with van der Waals surface area (Å²) in [5.41, 5.74) is 1.46. The molecule has 2 N–H and O–H groups in total. The Labute approximate surface area is 156 Å². The molecule has 2 aromatic carbocycles. The van der Waals surface area contributed by atoms with Crippen LogP contribution in [0.5, 0.6) is 0 Å². The van der Waals surface area contributed by atoms with Gasteiger partial charge in [-0.3, -0.25) is 4.79 Å². The highest BCUT2D eigenvalue weighted by molar-refractivity contribution is 6.11. The van der Waals surface area contributed by atoms with Gasteiger partial charge >= 0.3 is 5.97 Å². The van der Waals surface area contributed by atoms with Gasteiger partial charge in [0.15, 0.2) is 0 Å². The summed E-state index contributed by atoms with van der Waals surface area (Å²) >= 11 is 0. The van der Waals surface area contributed by atoms with Crippen molar-refractivity contribution in [2.24, 2.45) is 0 Å². The fourth-order valence-corrected chi connectivity index (χ4v) is 2.79. The lowest BCUT2D eigenvalue weighted by molar-refractivity contribution is 0.0602.